The van der Waals surface area contributed by atoms with Crippen LogP contribution in [0.15, 0.2) is 12.2 Å². The van der Waals surface area contributed by atoms with Crippen molar-refractivity contribution in [1.29, 1.82) is 0 Å². The zero-order chi connectivity index (χ0) is 21.4. The first-order valence-corrected chi connectivity index (χ1v) is 12.2. The van der Waals surface area contributed by atoms with Gasteiger partial charge < -0.3 is 4.90 Å². The molecule has 1 saturated carbocycles. The number of aryl methyl sites for hydroxylation is 1. The Morgan fingerprint density at radius 3 is 2.48 bits per heavy atom. The molecule has 1 saturated heterocycles. The highest BCUT2D eigenvalue weighted by molar-refractivity contribution is 5.96. The van der Waals surface area contributed by atoms with Crippen molar-refractivity contribution in [2.45, 2.75) is 89.5 Å². The van der Waals surface area contributed by atoms with Gasteiger partial charge in [-0.3, -0.25) is 14.5 Å². The molecule has 0 spiro atoms. The first kappa shape index (κ1) is 20.7. The highest BCUT2D eigenvalue weighted by atomic mass is 16.2. The van der Waals surface area contributed by atoms with Crippen LogP contribution < -0.4 is 4.90 Å². The molecule has 1 atom stereocenters. The lowest BCUT2D eigenvalue weighted by Gasteiger charge is -2.36. The van der Waals surface area contributed by atoms with E-state index in [1.165, 1.54) is 12.8 Å². The Kier molecular flexibility index (Phi) is 5.81. The van der Waals surface area contributed by atoms with Crippen molar-refractivity contribution in [1.82, 2.24) is 14.9 Å². The Balaban J connectivity index is 1.32. The normalized spacial score (nSPS) is 25.2. The number of piperidine rings is 1. The SMILES string of the molecule is Cc1nc(C2CCN(C(=O)[C@H]3CC=CCC3)CC2)nc2c1CCC(=O)N2C1CCCC1. The minimum atomic E-state index is 0.162. The largest absolute Gasteiger partial charge is 0.342 e. The number of allylic oxidation sites excluding steroid dienone is 2. The second kappa shape index (κ2) is 8.71. The van der Waals surface area contributed by atoms with Gasteiger partial charge in [0.2, 0.25) is 11.8 Å². The molecule has 0 bridgehead atoms. The van der Waals surface area contributed by atoms with E-state index < -0.39 is 0 Å². The van der Waals surface area contributed by atoms with E-state index in [1.54, 1.807) is 0 Å². The number of rotatable bonds is 3. The van der Waals surface area contributed by atoms with Crippen LogP contribution in [0.25, 0.3) is 0 Å². The number of amides is 2. The minimum Gasteiger partial charge on any atom is -0.342 e. The van der Waals surface area contributed by atoms with Crippen molar-refractivity contribution >= 4 is 17.6 Å². The molecule has 3 heterocycles. The van der Waals surface area contributed by atoms with Gasteiger partial charge in [-0.1, -0.05) is 25.0 Å². The lowest BCUT2D eigenvalue weighted by molar-refractivity contribution is -0.136. The van der Waals surface area contributed by atoms with Crippen LogP contribution in [0.3, 0.4) is 0 Å². The van der Waals surface area contributed by atoms with Crippen LogP contribution in [-0.2, 0) is 16.0 Å². The number of hydrogen-bond donors (Lipinski definition) is 0. The van der Waals surface area contributed by atoms with E-state index in [9.17, 15) is 9.59 Å². The predicted molar refractivity (Wildman–Crippen MR) is 120 cm³/mol. The average molecular weight is 423 g/mol. The van der Waals surface area contributed by atoms with Gasteiger partial charge in [-0.05, 0) is 58.3 Å². The molecule has 0 radical (unpaired) electrons. The van der Waals surface area contributed by atoms with Crippen LogP contribution in [-0.4, -0.2) is 45.8 Å². The third-order valence-corrected chi connectivity index (χ3v) is 7.78. The fourth-order valence-electron chi connectivity index (χ4n) is 5.92. The molecule has 6 heteroatoms. The maximum absolute atomic E-state index is 12.9. The topological polar surface area (TPSA) is 66.4 Å². The van der Waals surface area contributed by atoms with E-state index in [1.807, 2.05) is 4.90 Å². The van der Waals surface area contributed by atoms with E-state index in [4.69, 9.17) is 9.97 Å². The molecule has 2 amide bonds. The summed E-state index contributed by atoms with van der Waals surface area (Å²) in [4.78, 5) is 39.7. The Morgan fingerprint density at radius 2 is 1.77 bits per heavy atom. The molecule has 2 aliphatic carbocycles. The molecule has 2 fully saturated rings. The van der Waals surface area contributed by atoms with E-state index in [0.29, 0.717) is 18.4 Å². The van der Waals surface area contributed by atoms with Gasteiger partial charge in [0.05, 0.1) is 0 Å². The van der Waals surface area contributed by atoms with Gasteiger partial charge in [0.1, 0.15) is 11.6 Å². The molecule has 1 aromatic rings. The molecular weight excluding hydrogens is 388 g/mol. The summed E-state index contributed by atoms with van der Waals surface area (Å²) < 4.78 is 0. The fourth-order valence-corrected chi connectivity index (χ4v) is 5.92. The zero-order valence-corrected chi connectivity index (χ0v) is 18.7. The fraction of sp³-hybridized carbons (Fsp3) is 0.680. The van der Waals surface area contributed by atoms with Crippen LogP contribution in [0.4, 0.5) is 5.82 Å². The molecule has 0 N–H and O–H groups in total. The lowest BCUT2D eigenvalue weighted by atomic mass is 9.90. The summed E-state index contributed by atoms with van der Waals surface area (Å²) in [7, 11) is 0. The van der Waals surface area contributed by atoms with Crippen LogP contribution >= 0.6 is 0 Å². The summed E-state index contributed by atoms with van der Waals surface area (Å²) in [5.41, 5.74) is 2.19. The van der Waals surface area contributed by atoms with Crippen LogP contribution in [0.1, 0.15) is 87.2 Å². The number of carbonyl (C=O) groups excluding carboxylic acids is 2. The van der Waals surface area contributed by atoms with Gasteiger partial charge in [0, 0.05) is 48.6 Å². The van der Waals surface area contributed by atoms with Crippen molar-refractivity contribution in [2.75, 3.05) is 18.0 Å². The van der Waals surface area contributed by atoms with Crippen molar-refractivity contribution in [3.05, 3.63) is 29.2 Å². The molecular formula is C25H34N4O2. The summed E-state index contributed by atoms with van der Waals surface area (Å²) in [6.45, 7) is 3.64. The first-order chi connectivity index (χ1) is 15.1. The summed E-state index contributed by atoms with van der Waals surface area (Å²) in [5.74, 6) is 2.74. The minimum absolute atomic E-state index is 0.162. The summed E-state index contributed by atoms with van der Waals surface area (Å²) in [5, 5.41) is 0. The highest BCUT2D eigenvalue weighted by Crippen LogP contribution is 2.37. The Labute approximate surface area is 185 Å². The lowest BCUT2D eigenvalue weighted by Crippen LogP contribution is -2.44. The number of hydrogen-bond acceptors (Lipinski definition) is 4. The van der Waals surface area contributed by atoms with Crippen molar-refractivity contribution in [3.63, 3.8) is 0 Å². The third kappa shape index (κ3) is 4.01. The van der Waals surface area contributed by atoms with Crippen LogP contribution in [0.2, 0.25) is 0 Å². The first-order valence-electron chi connectivity index (χ1n) is 12.2. The van der Waals surface area contributed by atoms with Crippen LogP contribution in [0, 0.1) is 12.8 Å². The summed E-state index contributed by atoms with van der Waals surface area (Å²) >= 11 is 0. The number of likely N-dealkylation sites (tertiary alicyclic amines) is 1. The second-order valence-corrected chi connectivity index (χ2v) is 9.75. The monoisotopic (exact) mass is 422 g/mol. The summed E-state index contributed by atoms with van der Waals surface area (Å²) in [6, 6.07) is 0.303. The molecule has 6 nitrogen and oxygen atoms in total. The van der Waals surface area contributed by atoms with Gasteiger partial charge >= 0.3 is 0 Å². The Morgan fingerprint density at radius 1 is 1.00 bits per heavy atom. The second-order valence-electron chi connectivity index (χ2n) is 9.75. The maximum atomic E-state index is 12.9. The molecule has 1 aromatic heterocycles. The van der Waals surface area contributed by atoms with Crippen molar-refractivity contribution < 1.29 is 9.59 Å². The predicted octanol–water partition coefficient (Wildman–Crippen LogP) is 4.07. The number of anilines is 1. The molecule has 0 unspecified atom stereocenters. The molecule has 5 rings (SSSR count). The van der Waals surface area contributed by atoms with Crippen molar-refractivity contribution in [3.8, 4) is 0 Å². The van der Waals surface area contributed by atoms with Gasteiger partial charge in [-0.2, -0.15) is 0 Å². The van der Waals surface area contributed by atoms with E-state index in [2.05, 4.69) is 24.0 Å². The standard InChI is InChI=1S/C25H34N4O2/c1-17-21-11-12-22(30)29(20-9-5-6-10-20)24(21)27-23(26-17)18-13-15-28(16-14-18)25(31)19-7-3-2-4-8-19/h2-3,18-20H,4-16H2,1H3/t19-/m0/s1. The molecule has 166 valence electrons. The number of fused-ring (bicyclic) bond motifs is 1. The maximum Gasteiger partial charge on any atom is 0.228 e. The Hall–Kier alpha value is -2.24. The number of aromatic nitrogens is 2. The smallest absolute Gasteiger partial charge is 0.228 e. The average Bonchev–Trinajstić information content (AvgIpc) is 3.33. The highest BCUT2D eigenvalue weighted by Gasteiger charge is 2.36. The third-order valence-electron chi connectivity index (χ3n) is 7.78. The summed E-state index contributed by atoms with van der Waals surface area (Å²) in [6.07, 6.45) is 14.9. The van der Waals surface area contributed by atoms with E-state index >= 15 is 0 Å². The van der Waals surface area contributed by atoms with E-state index in [-0.39, 0.29) is 17.7 Å². The number of carbonyl (C=O) groups is 2. The van der Waals surface area contributed by atoms with Crippen LogP contribution in [0.5, 0.6) is 0 Å². The molecule has 0 aromatic carbocycles. The van der Waals surface area contributed by atoms with E-state index in [0.717, 1.165) is 87.4 Å². The molecule has 31 heavy (non-hydrogen) atoms. The van der Waals surface area contributed by atoms with Gasteiger partial charge in [-0.15, -0.1) is 0 Å². The quantitative estimate of drug-likeness (QED) is 0.689. The van der Waals surface area contributed by atoms with Crippen molar-refractivity contribution in [2.24, 2.45) is 5.92 Å². The Bertz CT molecular complexity index is 882. The molecule has 2 aliphatic heterocycles. The van der Waals surface area contributed by atoms with Gasteiger partial charge in [-0.25, -0.2) is 9.97 Å². The van der Waals surface area contributed by atoms with Gasteiger partial charge in [0.25, 0.3) is 0 Å². The molecule has 4 aliphatic rings. The zero-order valence-electron chi connectivity index (χ0n) is 18.7. The van der Waals surface area contributed by atoms with Gasteiger partial charge in [0.15, 0.2) is 0 Å². The number of nitrogens with zero attached hydrogens (tertiary/aromatic N) is 4.